The van der Waals surface area contributed by atoms with Crippen molar-refractivity contribution in [2.75, 3.05) is 56.2 Å². The van der Waals surface area contributed by atoms with E-state index in [4.69, 9.17) is 9.47 Å². The number of benzene rings is 1. The normalized spacial score (nSPS) is 24.5. The van der Waals surface area contributed by atoms with E-state index in [1.54, 1.807) is 11.7 Å². The molecule has 9 rings (SSSR count). The topological polar surface area (TPSA) is 166 Å². The molecule has 0 spiro atoms. The number of rotatable bonds is 10. The number of nitrogens with zero attached hydrogens (tertiary/aromatic N) is 9. The van der Waals surface area contributed by atoms with Crippen molar-refractivity contribution in [2.24, 2.45) is 13.0 Å². The highest BCUT2D eigenvalue weighted by atomic mass is 19.4. The number of alkyl halides is 6. The summed E-state index contributed by atoms with van der Waals surface area (Å²) in [5.41, 5.74) is 1.04. The number of fused-ring (bicyclic) bond motifs is 2. The Labute approximate surface area is 373 Å². The molecule has 0 radical (unpaired) electrons. The molecule has 22 heteroatoms. The number of hydrogen-bond donors (Lipinski definition) is 2. The first kappa shape index (κ1) is 45.1. The lowest BCUT2D eigenvalue weighted by atomic mass is 9.85. The predicted molar refractivity (Wildman–Crippen MR) is 226 cm³/mol. The Morgan fingerprint density at radius 3 is 2.65 bits per heavy atom. The molecule has 3 saturated heterocycles. The summed E-state index contributed by atoms with van der Waals surface area (Å²) in [6.07, 6.45) is -1.63. The van der Waals surface area contributed by atoms with Gasteiger partial charge in [0.05, 0.1) is 59.9 Å². The lowest BCUT2D eigenvalue weighted by molar-refractivity contribution is -0.167. The van der Waals surface area contributed by atoms with E-state index in [1.165, 1.54) is 33.9 Å². The quantitative estimate of drug-likeness (QED) is 0.103. The number of amides is 3. The summed E-state index contributed by atoms with van der Waals surface area (Å²) < 4.78 is 101. The van der Waals surface area contributed by atoms with Crippen LogP contribution in [0.1, 0.15) is 90.6 Å². The van der Waals surface area contributed by atoms with Crippen LogP contribution in [0, 0.1) is 17.8 Å². The first-order valence-corrected chi connectivity index (χ1v) is 21.9. The monoisotopic (exact) mass is 923 g/mol. The number of carbonyl (C=O) groups excluding carboxylic acids is 3. The number of halogens is 6. The number of aromatic nitrogens is 7. The molecule has 66 heavy (non-hydrogen) atoms. The van der Waals surface area contributed by atoms with Crippen molar-refractivity contribution in [1.82, 2.24) is 44.4 Å². The molecule has 2 unspecified atom stereocenters. The van der Waals surface area contributed by atoms with Gasteiger partial charge in [-0.1, -0.05) is 24.0 Å². The molecular formula is C44H47F6N11O5. The number of anilines is 2. The number of likely N-dealkylation sites (tertiary alicyclic amines) is 1. The third-order valence-corrected chi connectivity index (χ3v) is 12.9. The minimum absolute atomic E-state index is 0.0260. The number of ether oxygens (including phenoxy) is 2. The van der Waals surface area contributed by atoms with E-state index < -0.39 is 55.0 Å². The highest BCUT2D eigenvalue weighted by Crippen LogP contribution is 2.37. The smallest absolute Gasteiger partial charge is 0.377 e. The molecular weight excluding hydrogens is 877 g/mol. The number of imide groups is 1. The Hall–Kier alpha value is -6.05. The van der Waals surface area contributed by atoms with Crippen LogP contribution in [-0.4, -0.2) is 127 Å². The Morgan fingerprint density at radius 2 is 1.89 bits per heavy atom. The Kier molecular flexibility index (Phi) is 12.8. The van der Waals surface area contributed by atoms with Crippen LogP contribution in [0.15, 0.2) is 42.9 Å². The van der Waals surface area contributed by atoms with Gasteiger partial charge >= 0.3 is 6.18 Å². The van der Waals surface area contributed by atoms with E-state index in [2.05, 4.69) is 47.7 Å². The molecule has 3 amide bonds. The van der Waals surface area contributed by atoms with Crippen molar-refractivity contribution in [1.29, 1.82) is 0 Å². The molecule has 4 aromatic heterocycles. The van der Waals surface area contributed by atoms with E-state index in [0.29, 0.717) is 50.0 Å². The van der Waals surface area contributed by atoms with Gasteiger partial charge in [0.1, 0.15) is 30.2 Å². The Bertz CT molecular complexity index is 2680. The number of hydrogen-bond acceptors (Lipinski definition) is 11. The maximum atomic E-state index is 15.5. The van der Waals surface area contributed by atoms with Gasteiger partial charge in [-0.15, -0.1) is 0 Å². The first-order chi connectivity index (χ1) is 31.7. The largest absolute Gasteiger partial charge is 0.411 e. The van der Waals surface area contributed by atoms with Crippen LogP contribution >= 0.6 is 0 Å². The van der Waals surface area contributed by atoms with Crippen LogP contribution in [0.4, 0.5) is 37.8 Å². The number of aryl methyl sites for hydroxylation is 1. The van der Waals surface area contributed by atoms with Crippen LogP contribution in [0.25, 0.3) is 16.6 Å². The Morgan fingerprint density at radius 1 is 1.08 bits per heavy atom. The molecule has 350 valence electrons. The molecule has 5 aromatic rings. The third-order valence-electron chi connectivity index (χ3n) is 12.9. The average Bonchev–Trinajstić information content (AvgIpc) is 4.01. The van der Waals surface area contributed by atoms with Gasteiger partial charge < -0.3 is 19.7 Å². The summed E-state index contributed by atoms with van der Waals surface area (Å²) in [6, 6.07) is 4.75. The van der Waals surface area contributed by atoms with Gasteiger partial charge in [0.15, 0.2) is 11.3 Å². The van der Waals surface area contributed by atoms with Crippen LogP contribution in [-0.2, 0) is 26.1 Å². The van der Waals surface area contributed by atoms with Gasteiger partial charge in [0.2, 0.25) is 11.8 Å². The highest BCUT2D eigenvalue weighted by Gasteiger charge is 2.46. The highest BCUT2D eigenvalue weighted by molar-refractivity contribution is 6.08. The van der Waals surface area contributed by atoms with Gasteiger partial charge in [-0.2, -0.15) is 28.5 Å². The molecule has 4 atom stereocenters. The molecule has 16 nitrogen and oxygen atoms in total. The minimum atomic E-state index is -4.59. The van der Waals surface area contributed by atoms with Crippen LogP contribution in [0.5, 0.6) is 0 Å². The average molecular weight is 924 g/mol. The third kappa shape index (κ3) is 9.33. The second-order valence-electron chi connectivity index (χ2n) is 17.2. The molecule has 1 aliphatic carbocycles. The van der Waals surface area contributed by atoms with E-state index >= 15 is 4.39 Å². The zero-order chi connectivity index (χ0) is 46.3. The van der Waals surface area contributed by atoms with Crippen molar-refractivity contribution >= 4 is 45.8 Å². The molecule has 4 aliphatic rings. The minimum Gasteiger partial charge on any atom is -0.377 e. The van der Waals surface area contributed by atoms with E-state index in [0.717, 1.165) is 28.6 Å². The zero-order valence-corrected chi connectivity index (χ0v) is 35.8. The van der Waals surface area contributed by atoms with Gasteiger partial charge in [-0.3, -0.25) is 34.0 Å². The van der Waals surface area contributed by atoms with Crippen LogP contribution in [0.3, 0.4) is 0 Å². The lowest BCUT2D eigenvalue weighted by Crippen LogP contribution is -2.54. The zero-order valence-electron chi connectivity index (χ0n) is 35.8. The van der Waals surface area contributed by atoms with Crippen LogP contribution < -0.4 is 15.5 Å². The number of para-hydroxylation sites is 1. The van der Waals surface area contributed by atoms with Gasteiger partial charge in [0, 0.05) is 57.4 Å². The van der Waals surface area contributed by atoms with Crippen molar-refractivity contribution in [3.8, 4) is 11.8 Å². The maximum Gasteiger partial charge on any atom is 0.411 e. The predicted octanol–water partition coefficient (Wildman–Crippen LogP) is 5.50. The summed E-state index contributed by atoms with van der Waals surface area (Å²) in [6.45, 7) is 0.942. The first-order valence-electron chi connectivity index (χ1n) is 21.9. The summed E-state index contributed by atoms with van der Waals surface area (Å²) in [5.74, 6) is 4.32. The second kappa shape index (κ2) is 18.7. The molecule has 1 saturated carbocycles. The molecule has 1 aromatic carbocycles. The second-order valence-corrected chi connectivity index (χ2v) is 17.2. The molecule has 3 aliphatic heterocycles. The fourth-order valence-electron chi connectivity index (χ4n) is 9.58. The summed E-state index contributed by atoms with van der Waals surface area (Å²) in [7, 11) is 1.77. The van der Waals surface area contributed by atoms with Crippen molar-refractivity contribution in [3.63, 3.8) is 0 Å². The number of nitrogens with one attached hydrogen (secondary N) is 2. The van der Waals surface area contributed by atoms with Crippen molar-refractivity contribution in [2.45, 2.75) is 87.8 Å². The molecule has 0 bridgehead atoms. The molecule has 7 heterocycles. The number of piperidine rings is 2. The molecule has 2 N–H and O–H groups in total. The SMILES string of the molecule is Cn1nc(C2CCC(=O)NC2=O)c2cccc(C#CCO[C@H]3CCN(C[C@H]4CC[C@H](n5cc(NC(=O)c6cnn7ccc(N8CCOCC8C(F)(F)F)nc67)c(C(F)F)n5)CC4)C[C@H]3F)c21. The number of carbonyl (C=O) groups is 3. The van der Waals surface area contributed by atoms with E-state index in [-0.39, 0.29) is 79.2 Å². The summed E-state index contributed by atoms with van der Waals surface area (Å²) in [5, 5.41) is 18.5. The van der Waals surface area contributed by atoms with Gasteiger partial charge in [-0.05, 0) is 56.6 Å². The lowest BCUT2D eigenvalue weighted by Gasteiger charge is -2.38. The van der Waals surface area contributed by atoms with Crippen LogP contribution in [0.2, 0.25) is 0 Å². The number of morpholine rings is 1. The van der Waals surface area contributed by atoms with E-state index in [9.17, 15) is 36.3 Å². The fraction of sp³-hybridized carbons (Fsp3) is 0.523. The summed E-state index contributed by atoms with van der Waals surface area (Å²) in [4.78, 5) is 45.2. The van der Waals surface area contributed by atoms with Crippen molar-refractivity contribution in [3.05, 3.63) is 65.4 Å². The standard InChI is InChI=1S/C44H47F6N11O5/c1-57-39-26(4-2-6-28(39)37(55-57)29-11-12-36(62)54-42(29)63)5-3-18-66-33-13-15-58(22-31(33)45)21-25-7-9-27(10-8-25)61-23-32(38(56-61)40(46)47)52-43(64)30-20-51-60-16-14-35(53-41(30)60)59-17-19-65-24-34(59)44(48,49)50/h2,4,6,14,16,20,23,25,27,29,31,33-34,40H,7-13,15,17-19,21-22,24H2,1H3,(H,52,64)(H,54,62,63)/t25-,27-,29?,31-,33+,34?/m1/s1. The van der Waals surface area contributed by atoms with Gasteiger partial charge in [-0.25, -0.2) is 22.7 Å². The summed E-state index contributed by atoms with van der Waals surface area (Å²) >= 11 is 0. The fourth-order valence-corrected chi connectivity index (χ4v) is 9.58. The van der Waals surface area contributed by atoms with E-state index in [1.807, 2.05) is 18.2 Å². The van der Waals surface area contributed by atoms with Crippen molar-refractivity contribution < 1.29 is 50.2 Å². The van der Waals surface area contributed by atoms with Gasteiger partial charge in [0.25, 0.3) is 12.3 Å². The maximum absolute atomic E-state index is 15.5. The molecule has 4 fully saturated rings. The Balaban J connectivity index is 0.764.